The molecule has 0 radical (unpaired) electrons. The van der Waals surface area contributed by atoms with Crippen LogP contribution < -0.4 is 10.6 Å². The Bertz CT molecular complexity index is 1190. The van der Waals surface area contributed by atoms with Crippen molar-refractivity contribution in [2.75, 3.05) is 23.7 Å². The van der Waals surface area contributed by atoms with Gasteiger partial charge in [-0.1, -0.05) is 36.4 Å². The number of imidazole rings is 1. The van der Waals surface area contributed by atoms with E-state index < -0.39 is 0 Å². The maximum atomic E-state index is 12.0. The molecule has 1 amide bonds. The van der Waals surface area contributed by atoms with Crippen LogP contribution in [0.25, 0.3) is 11.2 Å². The van der Waals surface area contributed by atoms with Crippen LogP contribution in [-0.4, -0.2) is 43.4 Å². The number of para-hydroxylation sites is 2. The first kappa shape index (κ1) is 19.0. The van der Waals surface area contributed by atoms with E-state index in [2.05, 4.69) is 20.6 Å². The number of carbonyl (C=O) groups excluding carboxylic acids is 1. The fourth-order valence-corrected chi connectivity index (χ4v) is 3.73. The molecule has 8 nitrogen and oxygen atoms in total. The second-order valence-corrected chi connectivity index (χ2v) is 7.47. The van der Waals surface area contributed by atoms with Gasteiger partial charge in [-0.2, -0.15) is 9.97 Å². The summed E-state index contributed by atoms with van der Waals surface area (Å²) in [6.45, 7) is 2.11. The highest BCUT2D eigenvalue weighted by atomic mass is 16.2. The lowest BCUT2D eigenvalue weighted by molar-refractivity contribution is -0.127. The molecular weight excluding hydrogens is 390 g/mol. The Hall–Kier alpha value is -3.94. The quantitative estimate of drug-likeness (QED) is 0.477. The fourth-order valence-electron chi connectivity index (χ4n) is 3.73. The summed E-state index contributed by atoms with van der Waals surface area (Å²) in [6, 6.07) is 19.7. The molecule has 2 aromatic heterocycles. The largest absolute Gasteiger partial charge is 0.341 e. The molecule has 2 aromatic carbocycles. The molecule has 0 bridgehead atoms. The van der Waals surface area contributed by atoms with Crippen LogP contribution in [0.15, 0.2) is 67.0 Å². The zero-order chi connectivity index (χ0) is 21.0. The Labute approximate surface area is 180 Å². The lowest BCUT2D eigenvalue weighted by Gasteiger charge is -2.16. The van der Waals surface area contributed by atoms with Gasteiger partial charge in [-0.3, -0.25) is 4.79 Å². The third kappa shape index (κ3) is 4.18. The third-order valence-corrected chi connectivity index (χ3v) is 5.31. The van der Waals surface area contributed by atoms with Crippen molar-refractivity contribution in [3.05, 3.63) is 67.0 Å². The molecule has 1 aliphatic rings. The SMILES string of the molecule is O=C1CCCN1CCn1cnc2c(Nc3ccccc3)nc(Nc3ccccc3)nc21. The van der Waals surface area contributed by atoms with E-state index in [1.807, 2.05) is 70.1 Å². The van der Waals surface area contributed by atoms with Crippen LogP contribution in [0.5, 0.6) is 0 Å². The van der Waals surface area contributed by atoms with Crippen molar-refractivity contribution < 1.29 is 4.79 Å². The van der Waals surface area contributed by atoms with Crippen molar-refractivity contribution in [2.24, 2.45) is 0 Å². The zero-order valence-electron chi connectivity index (χ0n) is 17.0. The molecule has 1 fully saturated rings. The van der Waals surface area contributed by atoms with Gasteiger partial charge in [0.15, 0.2) is 17.0 Å². The number of fused-ring (bicyclic) bond motifs is 1. The van der Waals surface area contributed by atoms with Crippen molar-refractivity contribution in [1.29, 1.82) is 0 Å². The number of amides is 1. The molecule has 1 aliphatic heterocycles. The predicted molar refractivity (Wildman–Crippen MR) is 121 cm³/mol. The molecule has 3 heterocycles. The normalized spacial score (nSPS) is 13.7. The highest BCUT2D eigenvalue weighted by molar-refractivity contribution is 5.87. The highest BCUT2D eigenvalue weighted by Gasteiger charge is 2.20. The number of likely N-dealkylation sites (tertiary alicyclic amines) is 1. The molecule has 31 heavy (non-hydrogen) atoms. The summed E-state index contributed by atoms with van der Waals surface area (Å²) < 4.78 is 1.98. The monoisotopic (exact) mass is 413 g/mol. The number of aromatic nitrogens is 4. The lowest BCUT2D eigenvalue weighted by Crippen LogP contribution is -2.28. The summed E-state index contributed by atoms with van der Waals surface area (Å²) in [5.41, 5.74) is 3.24. The fraction of sp³-hybridized carbons (Fsp3) is 0.217. The first-order valence-corrected chi connectivity index (χ1v) is 10.4. The number of hydrogen-bond acceptors (Lipinski definition) is 6. The summed E-state index contributed by atoms with van der Waals surface area (Å²) in [6.07, 6.45) is 3.34. The molecule has 0 aliphatic carbocycles. The van der Waals surface area contributed by atoms with Gasteiger partial charge < -0.3 is 20.1 Å². The average Bonchev–Trinajstić information content (AvgIpc) is 3.39. The zero-order valence-corrected chi connectivity index (χ0v) is 17.0. The number of anilines is 4. The van der Waals surface area contributed by atoms with Crippen molar-refractivity contribution in [3.8, 4) is 0 Å². The summed E-state index contributed by atoms with van der Waals surface area (Å²) in [5, 5.41) is 6.63. The Kier molecular flexibility index (Phi) is 5.18. The molecule has 8 heteroatoms. The Morgan fingerprint density at radius 1 is 0.871 bits per heavy atom. The number of nitrogens with zero attached hydrogens (tertiary/aromatic N) is 5. The molecule has 0 spiro atoms. The van der Waals surface area contributed by atoms with Crippen LogP contribution in [-0.2, 0) is 11.3 Å². The van der Waals surface area contributed by atoms with Gasteiger partial charge in [-0.25, -0.2) is 4.98 Å². The number of rotatable bonds is 7. The number of nitrogens with one attached hydrogen (secondary N) is 2. The summed E-state index contributed by atoms with van der Waals surface area (Å²) in [5.74, 6) is 1.33. The van der Waals surface area contributed by atoms with E-state index in [0.717, 1.165) is 30.0 Å². The minimum absolute atomic E-state index is 0.219. The molecule has 156 valence electrons. The standard InChI is InChI=1S/C23H23N7O/c31-19-12-7-13-29(19)14-15-30-16-24-20-21(25-17-8-3-1-4-9-17)27-23(28-22(20)30)26-18-10-5-2-6-11-18/h1-6,8-11,16H,7,12-15H2,(H2,25,26,27,28). The molecule has 4 aromatic rings. The molecule has 2 N–H and O–H groups in total. The summed E-state index contributed by atoms with van der Waals surface area (Å²) in [7, 11) is 0. The summed E-state index contributed by atoms with van der Waals surface area (Å²) >= 11 is 0. The smallest absolute Gasteiger partial charge is 0.231 e. The highest BCUT2D eigenvalue weighted by Crippen LogP contribution is 2.25. The van der Waals surface area contributed by atoms with E-state index in [1.54, 1.807) is 6.33 Å². The van der Waals surface area contributed by atoms with Gasteiger partial charge >= 0.3 is 0 Å². The minimum Gasteiger partial charge on any atom is -0.341 e. The van der Waals surface area contributed by atoms with E-state index >= 15 is 0 Å². The van der Waals surface area contributed by atoms with Crippen LogP contribution in [0, 0.1) is 0 Å². The number of benzene rings is 2. The van der Waals surface area contributed by atoms with Gasteiger partial charge in [0.2, 0.25) is 11.9 Å². The summed E-state index contributed by atoms with van der Waals surface area (Å²) in [4.78, 5) is 27.9. The molecular formula is C23H23N7O. The maximum Gasteiger partial charge on any atom is 0.231 e. The molecule has 0 saturated carbocycles. The van der Waals surface area contributed by atoms with Crippen molar-refractivity contribution in [1.82, 2.24) is 24.4 Å². The van der Waals surface area contributed by atoms with Gasteiger partial charge in [0, 0.05) is 37.4 Å². The van der Waals surface area contributed by atoms with Crippen molar-refractivity contribution in [3.63, 3.8) is 0 Å². The van der Waals surface area contributed by atoms with Crippen LogP contribution in [0.4, 0.5) is 23.1 Å². The van der Waals surface area contributed by atoms with Crippen LogP contribution in [0.2, 0.25) is 0 Å². The topological polar surface area (TPSA) is 88.0 Å². The van der Waals surface area contributed by atoms with Gasteiger partial charge in [0.05, 0.1) is 6.33 Å². The molecule has 0 unspecified atom stereocenters. The van der Waals surface area contributed by atoms with E-state index in [9.17, 15) is 4.79 Å². The third-order valence-electron chi connectivity index (χ3n) is 5.31. The average molecular weight is 413 g/mol. The van der Waals surface area contributed by atoms with E-state index in [1.165, 1.54) is 0 Å². The van der Waals surface area contributed by atoms with Crippen LogP contribution in [0.1, 0.15) is 12.8 Å². The maximum absolute atomic E-state index is 12.0. The van der Waals surface area contributed by atoms with E-state index in [-0.39, 0.29) is 5.91 Å². The lowest BCUT2D eigenvalue weighted by atomic mass is 10.3. The van der Waals surface area contributed by atoms with E-state index in [4.69, 9.17) is 4.98 Å². The molecule has 1 saturated heterocycles. The van der Waals surface area contributed by atoms with Crippen LogP contribution in [0.3, 0.4) is 0 Å². The van der Waals surface area contributed by atoms with Gasteiger partial charge in [0.25, 0.3) is 0 Å². The van der Waals surface area contributed by atoms with Gasteiger partial charge in [-0.05, 0) is 30.7 Å². The minimum atomic E-state index is 0.219. The first-order valence-electron chi connectivity index (χ1n) is 10.4. The van der Waals surface area contributed by atoms with Crippen LogP contribution >= 0.6 is 0 Å². The van der Waals surface area contributed by atoms with Gasteiger partial charge in [-0.15, -0.1) is 0 Å². The predicted octanol–water partition coefficient (Wildman–Crippen LogP) is 3.94. The molecule has 0 atom stereocenters. The number of hydrogen-bond donors (Lipinski definition) is 2. The molecule has 5 rings (SSSR count). The number of carbonyl (C=O) groups is 1. The Morgan fingerprint density at radius 2 is 1.58 bits per heavy atom. The van der Waals surface area contributed by atoms with Crippen molar-refractivity contribution in [2.45, 2.75) is 19.4 Å². The second-order valence-electron chi connectivity index (χ2n) is 7.47. The Balaban J connectivity index is 1.49. The van der Waals surface area contributed by atoms with Crippen molar-refractivity contribution >= 4 is 40.2 Å². The first-order chi connectivity index (χ1) is 15.3. The van der Waals surface area contributed by atoms with E-state index in [0.29, 0.717) is 36.8 Å². The van der Waals surface area contributed by atoms with Gasteiger partial charge in [0.1, 0.15) is 0 Å². The Morgan fingerprint density at radius 3 is 2.26 bits per heavy atom. The second kappa shape index (κ2) is 8.43.